The number of hydrogen-bond acceptors (Lipinski definition) is 3. The number of hydrogen-bond donors (Lipinski definition) is 1. The molecule has 0 atom stereocenters. The van der Waals surface area contributed by atoms with Crippen molar-refractivity contribution < 1.29 is 9.59 Å². The van der Waals surface area contributed by atoms with E-state index in [1.54, 1.807) is 0 Å². The Bertz CT molecular complexity index is 1020. The number of fused-ring (bicyclic) bond motifs is 1. The van der Waals surface area contributed by atoms with E-state index in [2.05, 4.69) is 10.3 Å². The van der Waals surface area contributed by atoms with Gasteiger partial charge in [-0.1, -0.05) is 30.3 Å². The summed E-state index contributed by atoms with van der Waals surface area (Å²) in [5, 5.41) is 2.97. The first-order valence-corrected chi connectivity index (χ1v) is 9.69. The topological polar surface area (TPSA) is 67.2 Å². The molecule has 1 fully saturated rings. The lowest BCUT2D eigenvalue weighted by atomic mass is 10.2. The monoisotopic (exact) mass is 376 g/mol. The van der Waals surface area contributed by atoms with Crippen molar-refractivity contribution in [1.29, 1.82) is 0 Å². The highest BCUT2D eigenvalue weighted by Gasteiger charge is 2.22. The fraction of sp³-hybridized carbons (Fsp3) is 0.318. The summed E-state index contributed by atoms with van der Waals surface area (Å²) in [6, 6.07) is 15.4. The number of amides is 2. The molecule has 1 aliphatic heterocycles. The Kier molecular flexibility index (Phi) is 5.10. The van der Waals surface area contributed by atoms with Crippen LogP contribution < -0.4 is 5.32 Å². The van der Waals surface area contributed by atoms with Gasteiger partial charge in [0.25, 0.3) is 0 Å². The van der Waals surface area contributed by atoms with E-state index in [-0.39, 0.29) is 24.8 Å². The second kappa shape index (κ2) is 7.84. The summed E-state index contributed by atoms with van der Waals surface area (Å²) in [7, 11) is 0. The molecule has 28 heavy (non-hydrogen) atoms. The fourth-order valence-electron chi connectivity index (χ4n) is 3.70. The molecule has 2 heterocycles. The van der Waals surface area contributed by atoms with Crippen LogP contribution in [0.1, 0.15) is 24.2 Å². The molecule has 3 aromatic rings. The molecular formula is C22H24N4O2. The Morgan fingerprint density at radius 1 is 1.04 bits per heavy atom. The Morgan fingerprint density at radius 3 is 2.54 bits per heavy atom. The normalized spacial score (nSPS) is 13.8. The fourth-order valence-corrected chi connectivity index (χ4v) is 3.70. The maximum Gasteiger partial charge on any atom is 0.244 e. The molecule has 144 valence electrons. The second-order valence-corrected chi connectivity index (χ2v) is 7.23. The number of carbonyl (C=O) groups excluding carboxylic acids is 2. The summed E-state index contributed by atoms with van der Waals surface area (Å²) in [4.78, 5) is 31.9. The minimum atomic E-state index is -0.132. The van der Waals surface area contributed by atoms with Gasteiger partial charge in [-0.25, -0.2) is 4.98 Å². The van der Waals surface area contributed by atoms with E-state index in [4.69, 9.17) is 0 Å². The Labute approximate surface area is 164 Å². The third-order valence-corrected chi connectivity index (χ3v) is 5.22. The molecule has 0 bridgehead atoms. The number of para-hydroxylation sites is 3. The lowest BCUT2D eigenvalue weighted by Gasteiger charge is -2.16. The van der Waals surface area contributed by atoms with Gasteiger partial charge in [0, 0.05) is 18.8 Å². The van der Waals surface area contributed by atoms with Crippen molar-refractivity contribution in [3.63, 3.8) is 0 Å². The molecule has 2 amide bonds. The van der Waals surface area contributed by atoms with Gasteiger partial charge in [0.15, 0.2) is 0 Å². The van der Waals surface area contributed by atoms with Gasteiger partial charge in [-0.15, -0.1) is 0 Å². The molecule has 0 aliphatic carbocycles. The first-order valence-electron chi connectivity index (χ1n) is 9.69. The van der Waals surface area contributed by atoms with Crippen LogP contribution >= 0.6 is 0 Å². The van der Waals surface area contributed by atoms with E-state index in [9.17, 15) is 9.59 Å². The highest BCUT2D eigenvalue weighted by Crippen LogP contribution is 2.19. The molecule has 6 nitrogen and oxygen atoms in total. The molecule has 0 saturated carbocycles. The molecule has 1 aliphatic rings. The first kappa shape index (κ1) is 18.2. The summed E-state index contributed by atoms with van der Waals surface area (Å²) in [5.41, 5.74) is 3.48. The van der Waals surface area contributed by atoms with Crippen LogP contribution in [0.2, 0.25) is 0 Å². The average molecular weight is 376 g/mol. The third kappa shape index (κ3) is 3.76. The zero-order valence-corrected chi connectivity index (χ0v) is 16.0. The van der Waals surface area contributed by atoms with E-state index in [1.165, 1.54) is 0 Å². The Morgan fingerprint density at radius 2 is 1.75 bits per heavy atom. The van der Waals surface area contributed by atoms with Crippen LogP contribution in [0, 0.1) is 6.92 Å². The Hall–Kier alpha value is -3.15. The van der Waals surface area contributed by atoms with Crippen molar-refractivity contribution in [1.82, 2.24) is 14.5 Å². The Balaban J connectivity index is 1.58. The van der Waals surface area contributed by atoms with Crippen LogP contribution in [0.3, 0.4) is 0 Å². The SMILES string of the molecule is Cc1ccccc1NC(=O)Cn1c(CC(=O)N2CCCC2)nc2ccccc21. The van der Waals surface area contributed by atoms with Crippen molar-refractivity contribution in [2.75, 3.05) is 18.4 Å². The zero-order chi connectivity index (χ0) is 19.5. The van der Waals surface area contributed by atoms with Gasteiger partial charge in [-0.2, -0.15) is 0 Å². The van der Waals surface area contributed by atoms with Crippen LogP contribution in [-0.4, -0.2) is 39.4 Å². The van der Waals surface area contributed by atoms with Gasteiger partial charge in [-0.3, -0.25) is 9.59 Å². The number of aryl methyl sites for hydroxylation is 1. The number of benzene rings is 2. The van der Waals surface area contributed by atoms with Crippen LogP contribution in [-0.2, 0) is 22.6 Å². The predicted molar refractivity (Wildman–Crippen MR) is 109 cm³/mol. The van der Waals surface area contributed by atoms with Crippen LogP contribution in [0.4, 0.5) is 5.69 Å². The average Bonchev–Trinajstić information content (AvgIpc) is 3.33. The number of anilines is 1. The minimum absolute atomic E-state index is 0.0772. The molecular weight excluding hydrogens is 352 g/mol. The summed E-state index contributed by atoms with van der Waals surface area (Å²) < 4.78 is 1.86. The van der Waals surface area contributed by atoms with Gasteiger partial charge in [0.05, 0.1) is 17.5 Å². The summed E-state index contributed by atoms with van der Waals surface area (Å²) >= 11 is 0. The standard InChI is InChI=1S/C22H24N4O2/c1-16-8-2-3-9-17(16)24-21(27)15-26-19-11-5-4-10-18(19)23-20(26)14-22(28)25-12-6-7-13-25/h2-5,8-11H,6-7,12-15H2,1H3,(H,24,27). The van der Waals surface area contributed by atoms with Crippen molar-refractivity contribution in [2.24, 2.45) is 0 Å². The third-order valence-electron chi connectivity index (χ3n) is 5.22. The highest BCUT2D eigenvalue weighted by atomic mass is 16.2. The molecule has 0 radical (unpaired) electrons. The van der Waals surface area contributed by atoms with Gasteiger partial charge >= 0.3 is 0 Å². The highest BCUT2D eigenvalue weighted by molar-refractivity contribution is 5.92. The smallest absolute Gasteiger partial charge is 0.244 e. The van der Waals surface area contributed by atoms with Gasteiger partial charge < -0.3 is 14.8 Å². The van der Waals surface area contributed by atoms with E-state index < -0.39 is 0 Å². The van der Waals surface area contributed by atoms with Crippen molar-refractivity contribution in [2.45, 2.75) is 32.7 Å². The van der Waals surface area contributed by atoms with Crippen molar-refractivity contribution in [3.05, 3.63) is 59.9 Å². The van der Waals surface area contributed by atoms with Gasteiger partial charge in [-0.05, 0) is 43.5 Å². The molecule has 1 aromatic heterocycles. The van der Waals surface area contributed by atoms with Crippen molar-refractivity contribution >= 4 is 28.5 Å². The molecule has 1 saturated heterocycles. The van der Waals surface area contributed by atoms with Crippen LogP contribution in [0.15, 0.2) is 48.5 Å². The second-order valence-electron chi connectivity index (χ2n) is 7.23. The quantitative estimate of drug-likeness (QED) is 0.744. The lowest BCUT2D eigenvalue weighted by Crippen LogP contribution is -2.30. The first-order chi connectivity index (χ1) is 13.6. The minimum Gasteiger partial charge on any atom is -0.342 e. The maximum atomic E-state index is 12.7. The maximum absolute atomic E-state index is 12.7. The number of nitrogens with zero attached hydrogens (tertiary/aromatic N) is 3. The van der Waals surface area contributed by atoms with Gasteiger partial charge in [0.2, 0.25) is 11.8 Å². The van der Waals surface area contributed by atoms with E-state index in [0.29, 0.717) is 5.82 Å². The number of carbonyl (C=O) groups is 2. The molecule has 2 aromatic carbocycles. The van der Waals surface area contributed by atoms with Crippen LogP contribution in [0.5, 0.6) is 0 Å². The predicted octanol–water partition coefficient (Wildman–Crippen LogP) is 3.15. The van der Waals surface area contributed by atoms with E-state index in [0.717, 1.165) is 48.2 Å². The molecule has 0 unspecified atom stereocenters. The summed E-state index contributed by atoms with van der Waals surface area (Å²) in [5.74, 6) is 0.582. The van der Waals surface area contributed by atoms with E-state index >= 15 is 0 Å². The summed E-state index contributed by atoms with van der Waals surface area (Å²) in [6.45, 7) is 3.71. The number of imidazole rings is 1. The van der Waals surface area contributed by atoms with Gasteiger partial charge in [0.1, 0.15) is 12.4 Å². The largest absolute Gasteiger partial charge is 0.342 e. The number of rotatable bonds is 5. The number of likely N-dealkylation sites (tertiary alicyclic amines) is 1. The van der Waals surface area contributed by atoms with Crippen LogP contribution in [0.25, 0.3) is 11.0 Å². The molecule has 6 heteroatoms. The molecule has 0 spiro atoms. The lowest BCUT2D eigenvalue weighted by molar-refractivity contribution is -0.129. The van der Waals surface area contributed by atoms with Crippen molar-refractivity contribution in [3.8, 4) is 0 Å². The number of aromatic nitrogens is 2. The summed E-state index contributed by atoms with van der Waals surface area (Å²) in [6.07, 6.45) is 2.33. The number of nitrogens with one attached hydrogen (secondary N) is 1. The molecule has 4 rings (SSSR count). The molecule has 1 N–H and O–H groups in total. The van der Waals surface area contributed by atoms with E-state index in [1.807, 2.05) is 64.9 Å². The zero-order valence-electron chi connectivity index (χ0n) is 16.0.